The summed E-state index contributed by atoms with van der Waals surface area (Å²) in [6.07, 6.45) is 3.84. The zero-order chi connectivity index (χ0) is 10.2. The lowest BCUT2D eigenvalue weighted by atomic mass is 9.99. The second-order valence-electron chi connectivity index (χ2n) is 4.24. The van der Waals surface area contributed by atoms with Crippen LogP contribution in [0.1, 0.15) is 26.2 Å². The number of hydrogen-bond acceptors (Lipinski definition) is 3. The summed E-state index contributed by atoms with van der Waals surface area (Å²) in [5.41, 5.74) is 0. The average Bonchev–Trinajstić information content (AvgIpc) is 2.20. The predicted molar refractivity (Wildman–Crippen MR) is 59.4 cm³/mol. The van der Waals surface area contributed by atoms with Crippen LogP contribution in [0.15, 0.2) is 0 Å². The van der Waals surface area contributed by atoms with Crippen molar-refractivity contribution in [1.29, 1.82) is 0 Å². The van der Waals surface area contributed by atoms with E-state index in [0.717, 1.165) is 32.1 Å². The van der Waals surface area contributed by atoms with Crippen molar-refractivity contribution in [2.24, 2.45) is 5.92 Å². The fourth-order valence-electron chi connectivity index (χ4n) is 2.20. The first-order valence-electron chi connectivity index (χ1n) is 5.90. The predicted octanol–water partition coefficient (Wildman–Crippen LogP) is 0.690. The van der Waals surface area contributed by atoms with Gasteiger partial charge in [-0.3, -0.25) is 0 Å². The Balaban J connectivity index is 2.21. The summed E-state index contributed by atoms with van der Waals surface area (Å²) in [6, 6.07) is 0. The van der Waals surface area contributed by atoms with Gasteiger partial charge in [0.15, 0.2) is 0 Å². The number of nitrogens with one attached hydrogen (secondary N) is 1. The van der Waals surface area contributed by atoms with Crippen molar-refractivity contribution in [3.8, 4) is 0 Å². The summed E-state index contributed by atoms with van der Waals surface area (Å²) < 4.78 is 0. The fourth-order valence-corrected chi connectivity index (χ4v) is 2.20. The van der Waals surface area contributed by atoms with E-state index in [1.807, 2.05) is 0 Å². The van der Waals surface area contributed by atoms with E-state index >= 15 is 0 Å². The van der Waals surface area contributed by atoms with Crippen LogP contribution < -0.4 is 5.32 Å². The maximum atomic E-state index is 8.94. The van der Waals surface area contributed by atoms with Gasteiger partial charge in [-0.2, -0.15) is 0 Å². The zero-order valence-electron chi connectivity index (χ0n) is 9.34. The Kier molecular flexibility index (Phi) is 6.15. The Morgan fingerprint density at radius 2 is 2.29 bits per heavy atom. The molecule has 0 aromatic rings. The molecule has 14 heavy (non-hydrogen) atoms. The van der Waals surface area contributed by atoms with E-state index in [1.165, 1.54) is 25.8 Å². The number of aliphatic hydroxyl groups excluding tert-OH is 1. The van der Waals surface area contributed by atoms with E-state index in [9.17, 15) is 0 Å². The van der Waals surface area contributed by atoms with Crippen LogP contribution in [-0.4, -0.2) is 49.3 Å². The molecule has 3 nitrogen and oxygen atoms in total. The van der Waals surface area contributed by atoms with Gasteiger partial charge < -0.3 is 15.3 Å². The van der Waals surface area contributed by atoms with Crippen molar-refractivity contribution in [3.05, 3.63) is 0 Å². The van der Waals surface area contributed by atoms with Crippen molar-refractivity contribution in [1.82, 2.24) is 10.2 Å². The topological polar surface area (TPSA) is 35.5 Å². The van der Waals surface area contributed by atoms with E-state index in [0.29, 0.717) is 6.61 Å². The highest BCUT2D eigenvalue weighted by molar-refractivity contribution is 4.72. The molecular formula is C11H24N2O. The Morgan fingerprint density at radius 3 is 2.86 bits per heavy atom. The molecular weight excluding hydrogens is 176 g/mol. The number of aliphatic hydroxyl groups is 1. The quantitative estimate of drug-likeness (QED) is 0.662. The Bertz CT molecular complexity index is 129. The van der Waals surface area contributed by atoms with E-state index in [2.05, 4.69) is 17.1 Å². The number of piperidine rings is 1. The first-order valence-corrected chi connectivity index (χ1v) is 5.90. The van der Waals surface area contributed by atoms with Gasteiger partial charge in [0.25, 0.3) is 0 Å². The Morgan fingerprint density at radius 1 is 1.43 bits per heavy atom. The zero-order valence-corrected chi connectivity index (χ0v) is 9.34. The molecule has 1 aliphatic rings. The summed E-state index contributed by atoms with van der Waals surface area (Å²) in [6.45, 7) is 7.95. The largest absolute Gasteiger partial charge is 0.395 e. The molecule has 1 saturated heterocycles. The lowest BCUT2D eigenvalue weighted by Gasteiger charge is -2.29. The summed E-state index contributed by atoms with van der Waals surface area (Å²) in [5.74, 6) is 0.793. The van der Waals surface area contributed by atoms with Gasteiger partial charge in [-0.1, -0.05) is 6.92 Å². The molecule has 1 fully saturated rings. The van der Waals surface area contributed by atoms with Gasteiger partial charge in [0, 0.05) is 13.1 Å². The molecule has 0 bridgehead atoms. The van der Waals surface area contributed by atoms with Crippen LogP contribution in [0.2, 0.25) is 0 Å². The van der Waals surface area contributed by atoms with Crippen LogP contribution in [0, 0.1) is 5.92 Å². The van der Waals surface area contributed by atoms with Gasteiger partial charge in [-0.05, 0) is 44.8 Å². The molecule has 1 heterocycles. The number of nitrogens with zero attached hydrogens (tertiary/aromatic N) is 1. The fraction of sp³-hybridized carbons (Fsp3) is 1.00. The lowest BCUT2D eigenvalue weighted by molar-refractivity contribution is 0.165. The highest BCUT2D eigenvalue weighted by Crippen LogP contribution is 2.11. The summed E-state index contributed by atoms with van der Waals surface area (Å²) in [5, 5.41) is 12.4. The third kappa shape index (κ3) is 4.40. The molecule has 0 aliphatic carbocycles. The minimum absolute atomic E-state index is 0.292. The second-order valence-corrected chi connectivity index (χ2v) is 4.24. The molecule has 1 rings (SSSR count). The first-order chi connectivity index (χ1) is 6.86. The molecule has 84 valence electrons. The molecule has 0 radical (unpaired) electrons. The minimum atomic E-state index is 0.292. The van der Waals surface area contributed by atoms with Gasteiger partial charge in [-0.15, -0.1) is 0 Å². The van der Waals surface area contributed by atoms with Crippen molar-refractivity contribution < 1.29 is 5.11 Å². The van der Waals surface area contributed by atoms with E-state index in [4.69, 9.17) is 5.11 Å². The molecule has 3 heteroatoms. The standard InChI is InChI=1S/C11H24N2O/c1-2-6-13(7-8-14)10-11-4-3-5-12-9-11/h11-12,14H,2-10H2,1H3. The Labute approximate surface area is 87.5 Å². The van der Waals surface area contributed by atoms with Gasteiger partial charge in [0.1, 0.15) is 0 Å². The summed E-state index contributed by atoms with van der Waals surface area (Å²) in [7, 11) is 0. The van der Waals surface area contributed by atoms with Gasteiger partial charge in [-0.25, -0.2) is 0 Å². The normalized spacial score (nSPS) is 22.9. The average molecular weight is 200 g/mol. The summed E-state index contributed by atoms with van der Waals surface area (Å²) in [4.78, 5) is 2.39. The molecule has 1 aliphatic heterocycles. The number of hydrogen-bond donors (Lipinski definition) is 2. The SMILES string of the molecule is CCCN(CCO)CC1CCCNC1. The highest BCUT2D eigenvalue weighted by atomic mass is 16.3. The van der Waals surface area contributed by atoms with Crippen molar-refractivity contribution in [3.63, 3.8) is 0 Å². The molecule has 2 N–H and O–H groups in total. The van der Waals surface area contributed by atoms with Crippen LogP contribution >= 0.6 is 0 Å². The van der Waals surface area contributed by atoms with Gasteiger partial charge >= 0.3 is 0 Å². The summed E-state index contributed by atoms with van der Waals surface area (Å²) >= 11 is 0. The van der Waals surface area contributed by atoms with Crippen LogP contribution in [-0.2, 0) is 0 Å². The molecule has 0 aromatic heterocycles. The van der Waals surface area contributed by atoms with Crippen molar-refractivity contribution in [2.45, 2.75) is 26.2 Å². The third-order valence-corrected chi connectivity index (χ3v) is 2.87. The molecule has 0 aromatic carbocycles. The third-order valence-electron chi connectivity index (χ3n) is 2.87. The second kappa shape index (κ2) is 7.21. The molecule has 0 spiro atoms. The first kappa shape index (κ1) is 12.0. The van der Waals surface area contributed by atoms with Crippen LogP contribution in [0.3, 0.4) is 0 Å². The Hall–Kier alpha value is -0.120. The highest BCUT2D eigenvalue weighted by Gasteiger charge is 2.15. The monoisotopic (exact) mass is 200 g/mol. The molecule has 1 unspecified atom stereocenters. The maximum absolute atomic E-state index is 8.94. The van der Waals surface area contributed by atoms with Crippen LogP contribution in [0.25, 0.3) is 0 Å². The minimum Gasteiger partial charge on any atom is -0.395 e. The molecule has 0 saturated carbocycles. The van der Waals surface area contributed by atoms with Gasteiger partial charge in [0.05, 0.1) is 6.61 Å². The lowest BCUT2D eigenvalue weighted by Crippen LogP contribution is -2.39. The molecule has 1 atom stereocenters. The maximum Gasteiger partial charge on any atom is 0.0558 e. The van der Waals surface area contributed by atoms with Crippen molar-refractivity contribution >= 4 is 0 Å². The van der Waals surface area contributed by atoms with E-state index in [1.54, 1.807) is 0 Å². The van der Waals surface area contributed by atoms with Gasteiger partial charge in [0.2, 0.25) is 0 Å². The van der Waals surface area contributed by atoms with Crippen molar-refractivity contribution in [2.75, 3.05) is 39.3 Å². The number of rotatable bonds is 6. The van der Waals surface area contributed by atoms with Crippen LogP contribution in [0.5, 0.6) is 0 Å². The van der Waals surface area contributed by atoms with E-state index < -0.39 is 0 Å². The molecule has 0 amide bonds. The van der Waals surface area contributed by atoms with Crippen LogP contribution in [0.4, 0.5) is 0 Å². The van der Waals surface area contributed by atoms with E-state index in [-0.39, 0.29) is 0 Å². The smallest absolute Gasteiger partial charge is 0.0558 e.